The first kappa shape index (κ1) is 16.9. The van der Waals surface area contributed by atoms with Crippen LogP contribution in [0.25, 0.3) is 0 Å². The molecule has 0 saturated heterocycles. The van der Waals surface area contributed by atoms with Crippen molar-refractivity contribution < 1.29 is 9.59 Å². The molecular weight excluding hydrogens is 228 g/mol. The van der Waals surface area contributed by atoms with E-state index in [0.717, 1.165) is 32.1 Å². The minimum Gasteiger partial charge on any atom is -0.355 e. The fraction of sp³-hybridized carbons (Fsp3) is 0.857. The molecule has 0 saturated carbocycles. The van der Waals surface area contributed by atoms with Crippen LogP contribution in [0.3, 0.4) is 0 Å². The highest BCUT2D eigenvalue weighted by molar-refractivity contribution is 6.04. The van der Waals surface area contributed by atoms with Crippen LogP contribution in [-0.4, -0.2) is 24.9 Å². The van der Waals surface area contributed by atoms with Crippen molar-refractivity contribution >= 4 is 11.8 Å². The first-order chi connectivity index (χ1) is 8.46. The van der Waals surface area contributed by atoms with Crippen molar-refractivity contribution in [1.29, 1.82) is 0 Å². The monoisotopic (exact) mass is 256 g/mol. The molecule has 0 unspecified atom stereocenters. The predicted octanol–water partition coefficient (Wildman–Crippen LogP) is 2.24. The summed E-state index contributed by atoms with van der Waals surface area (Å²) in [6.45, 7) is 8.82. The number of hydrogen-bond acceptors (Lipinski definition) is 2. The lowest BCUT2D eigenvalue weighted by Crippen LogP contribution is -2.48. The summed E-state index contributed by atoms with van der Waals surface area (Å²) in [4.78, 5) is 23.8. The summed E-state index contributed by atoms with van der Waals surface area (Å²) < 4.78 is 0. The molecule has 0 atom stereocenters. The molecule has 0 radical (unpaired) electrons. The lowest BCUT2D eigenvalue weighted by molar-refractivity contribution is -0.141. The fourth-order valence-electron chi connectivity index (χ4n) is 1.50. The summed E-state index contributed by atoms with van der Waals surface area (Å²) in [6.07, 6.45) is 5.17. The Labute approximate surface area is 111 Å². The van der Waals surface area contributed by atoms with Crippen LogP contribution in [0.4, 0.5) is 0 Å². The van der Waals surface area contributed by atoms with Gasteiger partial charge in [-0.25, -0.2) is 0 Å². The summed E-state index contributed by atoms with van der Waals surface area (Å²) in [5.74, 6) is -0.378. The average molecular weight is 256 g/mol. The van der Waals surface area contributed by atoms with Gasteiger partial charge < -0.3 is 10.6 Å². The van der Waals surface area contributed by atoms with Gasteiger partial charge in [-0.3, -0.25) is 9.59 Å². The van der Waals surface area contributed by atoms with E-state index in [-0.39, 0.29) is 11.8 Å². The van der Waals surface area contributed by atoms with Gasteiger partial charge in [0, 0.05) is 13.1 Å². The normalized spacial score (nSPS) is 11.1. The Hall–Kier alpha value is -1.06. The molecule has 0 aromatic rings. The Morgan fingerprint density at radius 1 is 0.833 bits per heavy atom. The first-order valence-electron chi connectivity index (χ1n) is 7.03. The average Bonchev–Trinajstić information content (AvgIpc) is 2.34. The minimum absolute atomic E-state index is 0.187. The quantitative estimate of drug-likeness (QED) is 0.491. The highest BCUT2D eigenvalue weighted by Gasteiger charge is 2.35. The van der Waals surface area contributed by atoms with E-state index < -0.39 is 5.41 Å². The van der Waals surface area contributed by atoms with Crippen molar-refractivity contribution in [3.05, 3.63) is 0 Å². The third-order valence-corrected chi connectivity index (χ3v) is 3.02. The molecule has 0 bridgehead atoms. The maximum absolute atomic E-state index is 11.9. The molecule has 0 rings (SSSR count). The number of amides is 2. The summed E-state index contributed by atoms with van der Waals surface area (Å²) in [5.41, 5.74) is -0.986. The second kappa shape index (κ2) is 8.95. The maximum Gasteiger partial charge on any atom is 0.235 e. The zero-order valence-corrected chi connectivity index (χ0v) is 12.3. The van der Waals surface area contributed by atoms with Gasteiger partial charge in [0.15, 0.2) is 0 Å². The van der Waals surface area contributed by atoms with Crippen LogP contribution in [0.1, 0.15) is 59.8 Å². The third-order valence-electron chi connectivity index (χ3n) is 3.02. The Bertz CT molecular complexity index is 263. The van der Waals surface area contributed by atoms with Crippen LogP contribution in [0.2, 0.25) is 0 Å². The van der Waals surface area contributed by atoms with Crippen molar-refractivity contribution in [2.45, 2.75) is 59.8 Å². The smallest absolute Gasteiger partial charge is 0.235 e. The minimum atomic E-state index is -0.986. The molecule has 0 aliphatic heterocycles. The zero-order valence-electron chi connectivity index (χ0n) is 12.3. The van der Waals surface area contributed by atoms with Gasteiger partial charge in [0.1, 0.15) is 5.41 Å². The molecule has 106 valence electrons. The highest BCUT2D eigenvalue weighted by atomic mass is 16.2. The van der Waals surface area contributed by atoms with E-state index in [1.165, 1.54) is 0 Å². The van der Waals surface area contributed by atoms with Crippen LogP contribution in [0.15, 0.2) is 0 Å². The van der Waals surface area contributed by atoms with Crippen molar-refractivity contribution in [1.82, 2.24) is 10.6 Å². The Kier molecular flexibility index (Phi) is 8.42. The van der Waals surface area contributed by atoms with Crippen LogP contribution in [0, 0.1) is 5.41 Å². The molecule has 2 amide bonds. The highest BCUT2D eigenvalue weighted by Crippen LogP contribution is 2.15. The molecule has 0 heterocycles. The van der Waals surface area contributed by atoms with Crippen LogP contribution >= 0.6 is 0 Å². The van der Waals surface area contributed by atoms with Gasteiger partial charge in [-0.05, 0) is 26.7 Å². The molecular formula is C14H28N2O2. The van der Waals surface area contributed by atoms with Gasteiger partial charge >= 0.3 is 0 Å². The fourth-order valence-corrected chi connectivity index (χ4v) is 1.50. The molecule has 4 nitrogen and oxygen atoms in total. The van der Waals surface area contributed by atoms with Gasteiger partial charge in [0.2, 0.25) is 11.8 Å². The molecule has 2 N–H and O–H groups in total. The van der Waals surface area contributed by atoms with E-state index in [1.54, 1.807) is 13.8 Å². The third kappa shape index (κ3) is 6.03. The van der Waals surface area contributed by atoms with E-state index in [2.05, 4.69) is 24.5 Å². The summed E-state index contributed by atoms with van der Waals surface area (Å²) in [5, 5.41) is 5.64. The number of rotatable bonds is 9. The second-order valence-electron chi connectivity index (χ2n) is 5.20. The van der Waals surface area contributed by atoms with Crippen LogP contribution in [-0.2, 0) is 9.59 Å². The number of hydrogen-bond donors (Lipinski definition) is 2. The van der Waals surface area contributed by atoms with E-state index in [1.807, 2.05) is 0 Å². The van der Waals surface area contributed by atoms with Crippen molar-refractivity contribution in [2.24, 2.45) is 5.41 Å². The first-order valence-corrected chi connectivity index (χ1v) is 7.03. The van der Waals surface area contributed by atoms with Crippen molar-refractivity contribution in [3.8, 4) is 0 Å². The van der Waals surface area contributed by atoms with Crippen molar-refractivity contribution in [3.63, 3.8) is 0 Å². The zero-order chi connectivity index (χ0) is 14.0. The molecule has 0 spiro atoms. The SMILES string of the molecule is CCCCCNC(=O)C(C)(C)C(=O)NCCCC. The van der Waals surface area contributed by atoms with Gasteiger partial charge in [0.05, 0.1) is 0 Å². The number of unbranched alkanes of at least 4 members (excludes halogenated alkanes) is 3. The molecule has 4 heteroatoms. The standard InChI is InChI=1S/C14H28N2O2/c1-5-7-9-11-16-13(18)14(3,4)12(17)15-10-8-6-2/h5-11H2,1-4H3,(H,15,17)(H,16,18). The summed E-state index contributed by atoms with van der Waals surface area (Å²) in [6, 6.07) is 0. The number of carbonyl (C=O) groups excluding carboxylic acids is 2. The molecule has 0 aromatic heterocycles. The maximum atomic E-state index is 11.9. The Balaban J connectivity index is 4.08. The lowest BCUT2D eigenvalue weighted by atomic mass is 9.91. The molecule has 0 aromatic carbocycles. The second-order valence-corrected chi connectivity index (χ2v) is 5.20. The van der Waals surface area contributed by atoms with Crippen LogP contribution in [0.5, 0.6) is 0 Å². The van der Waals surface area contributed by atoms with Gasteiger partial charge in [-0.15, -0.1) is 0 Å². The van der Waals surface area contributed by atoms with E-state index in [9.17, 15) is 9.59 Å². The number of nitrogens with one attached hydrogen (secondary N) is 2. The van der Waals surface area contributed by atoms with E-state index in [4.69, 9.17) is 0 Å². The van der Waals surface area contributed by atoms with Gasteiger partial charge in [0.25, 0.3) is 0 Å². The van der Waals surface area contributed by atoms with Gasteiger partial charge in [-0.2, -0.15) is 0 Å². The summed E-state index contributed by atoms with van der Waals surface area (Å²) >= 11 is 0. The molecule has 0 aliphatic rings. The molecule has 18 heavy (non-hydrogen) atoms. The lowest BCUT2D eigenvalue weighted by Gasteiger charge is -2.22. The van der Waals surface area contributed by atoms with Crippen LogP contribution < -0.4 is 10.6 Å². The molecule has 0 fully saturated rings. The topological polar surface area (TPSA) is 58.2 Å². The Morgan fingerprint density at radius 3 is 1.72 bits per heavy atom. The molecule has 0 aliphatic carbocycles. The van der Waals surface area contributed by atoms with E-state index >= 15 is 0 Å². The Morgan fingerprint density at radius 2 is 1.28 bits per heavy atom. The largest absolute Gasteiger partial charge is 0.355 e. The van der Waals surface area contributed by atoms with Crippen molar-refractivity contribution in [2.75, 3.05) is 13.1 Å². The summed E-state index contributed by atoms with van der Waals surface area (Å²) in [7, 11) is 0. The van der Waals surface area contributed by atoms with E-state index in [0.29, 0.717) is 13.1 Å². The number of carbonyl (C=O) groups is 2. The predicted molar refractivity (Wildman–Crippen MR) is 74.2 cm³/mol. The van der Waals surface area contributed by atoms with Gasteiger partial charge in [-0.1, -0.05) is 33.1 Å².